The van der Waals surface area contributed by atoms with Crippen LogP contribution in [0.2, 0.25) is 0 Å². The number of anilines is 1. The molecule has 4 heteroatoms. The van der Waals surface area contributed by atoms with Crippen molar-refractivity contribution in [3.63, 3.8) is 0 Å². The van der Waals surface area contributed by atoms with Gasteiger partial charge in [-0.3, -0.25) is 0 Å². The van der Waals surface area contributed by atoms with Gasteiger partial charge >= 0.3 is 0 Å². The van der Waals surface area contributed by atoms with E-state index in [2.05, 4.69) is 11.9 Å². The van der Waals surface area contributed by atoms with E-state index < -0.39 is 17.5 Å². The number of nitrogens with one attached hydrogen (secondary N) is 1. The molecule has 1 aromatic rings. The van der Waals surface area contributed by atoms with Gasteiger partial charge in [0.05, 0.1) is 5.69 Å². The Balaban J connectivity index is 2.96. The molecule has 108 valence electrons. The Kier molecular flexibility index (Phi) is 5.62. The molecule has 0 aliphatic heterocycles. The van der Waals surface area contributed by atoms with E-state index in [1.54, 1.807) is 26.8 Å². The predicted molar refractivity (Wildman–Crippen MR) is 77.1 cm³/mol. The Labute approximate surface area is 117 Å². The van der Waals surface area contributed by atoms with Crippen molar-refractivity contribution >= 4 is 5.69 Å². The Morgan fingerprint density at radius 2 is 2.00 bits per heavy atom. The lowest BCUT2D eigenvalue weighted by atomic mass is 10.1. The highest BCUT2D eigenvalue weighted by atomic mass is 19.2. The van der Waals surface area contributed by atoms with Gasteiger partial charge in [-0.05, 0) is 38.5 Å². The molecule has 0 saturated heterocycles. The maximum Gasteiger partial charge on any atom is 0.182 e. The molecule has 20 heavy (non-hydrogen) atoms. The average Bonchev–Trinajstić information content (AvgIpc) is 2.36. The number of hydrogen-bond acceptors (Lipinski definition) is 1. The summed E-state index contributed by atoms with van der Waals surface area (Å²) in [4.78, 5) is 0. The fourth-order valence-electron chi connectivity index (χ4n) is 1.68. The maximum atomic E-state index is 13.7. The van der Waals surface area contributed by atoms with Crippen LogP contribution in [0.5, 0.6) is 0 Å². The second-order valence-electron chi connectivity index (χ2n) is 4.61. The molecule has 1 nitrogen and oxygen atoms in total. The zero-order chi connectivity index (χ0) is 15.3. The Hall–Kier alpha value is -1.97. The van der Waals surface area contributed by atoms with Crippen LogP contribution in [0.15, 0.2) is 48.0 Å². The van der Waals surface area contributed by atoms with Crippen LogP contribution >= 0.6 is 0 Å². The number of halogens is 3. The molecule has 0 radical (unpaired) electrons. The van der Waals surface area contributed by atoms with Crippen molar-refractivity contribution in [2.24, 2.45) is 0 Å². The zero-order valence-corrected chi connectivity index (χ0v) is 11.9. The van der Waals surface area contributed by atoms with E-state index in [4.69, 9.17) is 0 Å². The molecule has 0 aliphatic rings. The molecular formula is C16H18F3N. The lowest BCUT2D eigenvalue weighted by molar-refractivity contribution is 0.510. The van der Waals surface area contributed by atoms with Gasteiger partial charge < -0.3 is 5.32 Å². The molecule has 0 bridgehead atoms. The number of hydrogen-bond donors (Lipinski definition) is 1. The van der Waals surface area contributed by atoms with Crippen molar-refractivity contribution in [1.82, 2.24) is 0 Å². The van der Waals surface area contributed by atoms with Crippen LogP contribution in [-0.4, -0.2) is 0 Å². The van der Waals surface area contributed by atoms with Gasteiger partial charge in [0.1, 0.15) is 5.83 Å². The predicted octanol–water partition coefficient (Wildman–Crippen LogP) is 5.41. The van der Waals surface area contributed by atoms with E-state index in [1.165, 1.54) is 12.1 Å². The van der Waals surface area contributed by atoms with Gasteiger partial charge in [-0.2, -0.15) is 0 Å². The topological polar surface area (TPSA) is 12.0 Å². The van der Waals surface area contributed by atoms with Gasteiger partial charge in [-0.25, -0.2) is 13.2 Å². The second kappa shape index (κ2) is 6.98. The van der Waals surface area contributed by atoms with Gasteiger partial charge in [0, 0.05) is 12.1 Å². The van der Waals surface area contributed by atoms with Crippen molar-refractivity contribution in [3.05, 3.63) is 65.2 Å². The molecule has 0 saturated carbocycles. The smallest absolute Gasteiger partial charge is 0.182 e. The molecule has 1 rings (SSSR count). The molecular weight excluding hydrogens is 263 g/mol. The summed E-state index contributed by atoms with van der Waals surface area (Å²) < 4.78 is 40.6. The first-order valence-electron chi connectivity index (χ1n) is 6.23. The molecule has 0 atom stereocenters. The van der Waals surface area contributed by atoms with Crippen molar-refractivity contribution in [2.75, 3.05) is 5.32 Å². The Morgan fingerprint density at radius 1 is 1.35 bits per heavy atom. The third-order valence-electron chi connectivity index (χ3n) is 2.70. The van der Waals surface area contributed by atoms with E-state index in [0.717, 1.165) is 6.07 Å². The lowest BCUT2D eigenvalue weighted by Crippen LogP contribution is -2.05. The van der Waals surface area contributed by atoms with Crippen LogP contribution in [-0.2, 0) is 0 Å². The molecule has 0 aromatic heterocycles. The molecule has 1 aromatic carbocycles. The third-order valence-corrected chi connectivity index (χ3v) is 2.70. The molecule has 0 unspecified atom stereocenters. The molecule has 0 heterocycles. The summed E-state index contributed by atoms with van der Waals surface area (Å²) >= 11 is 0. The van der Waals surface area contributed by atoms with Gasteiger partial charge in [0.15, 0.2) is 11.6 Å². The van der Waals surface area contributed by atoms with Crippen molar-refractivity contribution in [1.29, 1.82) is 0 Å². The van der Waals surface area contributed by atoms with E-state index in [-0.39, 0.29) is 12.1 Å². The van der Waals surface area contributed by atoms with Crippen LogP contribution in [0, 0.1) is 18.6 Å². The van der Waals surface area contributed by atoms with Crippen molar-refractivity contribution in [2.45, 2.75) is 27.2 Å². The summed E-state index contributed by atoms with van der Waals surface area (Å²) in [6.07, 6.45) is 2.90. The van der Waals surface area contributed by atoms with Crippen molar-refractivity contribution < 1.29 is 13.2 Å². The lowest BCUT2D eigenvalue weighted by Gasteiger charge is -2.13. The summed E-state index contributed by atoms with van der Waals surface area (Å²) in [6.45, 7) is 8.61. The summed E-state index contributed by atoms with van der Waals surface area (Å²) in [7, 11) is 0. The van der Waals surface area contributed by atoms with Gasteiger partial charge in [-0.1, -0.05) is 24.3 Å². The van der Waals surface area contributed by atoms with E-state index in [9.17, 15) is 13.2 Å². The van der Waals surface area contributed by atoms with E-state index in [0.29, 0.717) is 16.8 Å². The molecule has 0 spiro atoms. The monoisotopic (exact) mass is 281 g/mol. The fourth-order valence-corrected chi connectivity index (χ4v) is 1.68. The van der Waals surface area contributed by atoms with Crippen LogP contribution in [0.3, 0.4) is 0 Å². The molecule has 0 fully saturated rings. The van der Waals surface area contributed by atoms with Gasteiger partial charge in [-0.15, -0.1) is 0 Å². The highest BCUT2D eigenvalue weighted by molar-refractivity contribution is 5.56. The van der Waals surface area contributed by atoms with E-state index >= 15 is 0 Å². The maximum absolute atomic E-state index is 13.7. The summed E-state index contributed by atoms with van der Waals surface area (Å²) in [5, 5.41) is 2.75. The first-order valence-corrected chi connectivity index (χ1v) is 6.23. The summed E-state index contributed by atoms with van der Waals surface area (Å²) in [5.41, 5.74) is 1.62. The zero-order valence-electron chi connectivity index (χ0n) is 11.9. The highest BCUT2D eigenvalue weighted by Crippen LogP contribution is 2.25. The minimum Gasteiger partial charge on any atom is -0.356 e. The fraction of sp³-hybridized carbons (Fsp3) is 0.250. The Morgan fingerprint density at radius 3 is 2.55 bits per heavy atom. The third kappa shape index (κ3) is 4.30. The standard InChI is InChI=1S/C16H18F3N/c1-5-13(9-12(17)8-10(2)3)20-16-11(4)6-7-14(18)15(16)19/h5-8,20H,2,9H2,1,3-4H3/b12-8+,13-5+. The highest BCUT2D eigenvalue weighted by Gasteiger charge is 2.12. The Bertz CT molecular complexity index is 571. The van der Waals surface area contributed by atoms with Crippen LogP contribution in [0.1, 0.15) is 25.8 Å². The van der Waals surface area contributed by atoms with Gasteiger partial charge in [0.25, 0.3) is 0 Å². The first-order chi connectivity index (χ1) is 9.35. The van der Waals surface area contributed by atoms with Crippen LogP contribution < -0.4 is 5.32 Å². The molecule has 0 amide bonds. The minimum absolute atomic E-state index is 0.0289. The normalized spacial score (nSPS) is 12.5. The second-order valence-corrected chi connectivity index (χ2v) is 4.61. The number of rotatable bonds is 5. The minimum atomic E-state index is -0.964. The SMILES string of the molecule is C=C(C)/C=C(/F)C/C(=C\C)Nc1c(C)ccc(F)c1F. The molecule has 1 N–H and O–H groups in total. The van der Waals surface area contributed by atoms with E-state index in [1.807, 2.05) is 0 Å². The number of allylic oxidation sites excluding steroid dienone is 4. The number of benzene rings is 1. The molecule has 0 aliphatic carbocycles. The summed E-state index contributed by atoms with van der Waals surface area (Å²) in [5.74, 6) is -2.30. The number of aryl methyl sites for hydroxylation is 1. The van der Waals surface area contributed by atoms with Crippen LogP contribution in [0.4, 0.5) is 18.9 Å². The first kappa shape index (κ1) is 16.1. The van der Waals surface area contributed by atoms with Crippen LogP contribution in [0.25, 0.3) is 0 Å². The largest absolute Gasteiger partial charge is 0.356 e. The summed E-state index contributed by atoms with van der Waals surface area (Å²) in [6, 6.07) is 2.53. The van der Waals surface area contributed by atoms with Gasteiger partial charge in [0.2, 0.25) is 0 Å². The quantitative estimate of drug-likeness (QED) is 0.712. The average molecular weight is 281 g/mol. The van der Waals surface area contributed by atoms with Crippen molar-refractivity contribution in [3.8, 4) is 0 Å².